The molecular weight excluding hydrogens is 552 g/mol. The molecule has 3 aromatic carbocycles. The number of aliphatic carboxylic acids is 1. The largest absolute Gasteiger partial charge is 0.480 e. The van der Waals surface area contributed by atoms with Crippen molar-refractivity contribution in [2.45, 2.75) is 23.8 Å². The number of anilines is 1. The highest BCUT2D eigenvalue weighted by atomic mass is 35.5. The van der Waals surface area contributed by atoms with E-state index in [1.54, 1.807) is 24.4 Å². The summed E-state index contributed by atoms with van der Waals surface area (Å²) in [6.07, 6.45) is 2.27. The van der Waals surface area contributed by atoms with Gasteiger partial charge in [0.05, 0.1) is 4.90 Å². The average Bonchev–Trinajstić information content (AvgIpc) is 2.94. The van der Waals surface area contributed by atoms with Crippen LogP contribution in [0.2, 0.25) is 5.02 Å². The smallest absolute Gasteiger partial charge is 0.322 e. The number of aromatic nitrogens is 1. The molecule has 0 aliphatic carbocycles. The van der Waals surface area contributed by atoms with Gasteiger partial charge in [-0.3, -0.25) is 9.78 Å². The number of sulfonamides is 1. The lowest BCUT2D eigenvalue weighted by atomic mass is 10.0. The van der Waals surface area contributed by atoms with Gasteiger partial charge in [0.25, 0.3) is 0 Å². The Morgan fingerprint density at radius 1 is 0.900 bits per heavy atom. The third-order valence-corrected chi connectivity index (χ3v) is 7.70. The topological polar surface area (TPSA) is 137 Å². The number of rotatable bonds is 11. The number of hydrogen-bond donors (Lipinski definition) is 4. The van der Waals surface area contributed by atoms with Crippen molar-refractivity contribution in [3.8, 4) is 11.1 Å². The third kappa shape index (κ3) is 8.12. The van der Waals surface area contributed by atoms with E-state index in [0.717, 1.165) is 16.8 Å². The van der Waals surface area contributed by atoms with Crippen molar-refractivity contribution in [3.63, 3.8) is 0 Å². The lowest BCUT2D eigenvalue weighted by molar-refractivity contribution is -0.138. The highest BCUT2D eigenvalue weighted by Crippen LogP contribution is 2.24. The van der Waals surface area contributed by atoms with Gasteiger partial charge in [-0.25, -0.2) is 13.2 Å². The summed E-state index contributed by atoms with van der Waals surface area (Å²) in [7, 11) is -4.06. The minimum Gasteiger partial charge on any atom is -0.480 e. The van der Waals surface area contributed by atoms with Crippen molar-refractivity contribution in [3.05, 3.63) is 113 Å². The number of carbonyl (C=O) groups excluding carboxylic acids is 1. The Bertz CT molecular complexity index is 1560. The molecule has 0 saturated carbocycles. The van der Waals surface area contributed by atoms with Crippen LogP contribution in [0.1, 0.15) is 11.3 Å². The van der Waals surface area contributed by atoms with Crippen LogP contribution in [0.4, 0.5) is 10.5 Å². The number of carbonyl (C=O) groups is 2. The molecular formula is C29H27ClN4O5S. The van der Waals surface area contributed by atoms with Crippen LogP contribution in [-0.2, 0) is 27.7 Å². The maximum atomic E-state index is 12.7. The molecule has 40 heavy (non-hydrogen) atoms. The molecule has 1 unspecified atom stereocenters. The number of carboxylic acid groups (broad SMARTS) is 1. The minimum atomic E-state index is -4.06. The molecule has 11 heteroatoms. The molecule has 0 aliphatic heterocycles. The van der Waals surface area contributed by atoms with E-state index in [1.165, 1.54) is 24.3 Å². The fraction of sp³-hybridized carbons (Fsp3) is 0.138. The zero-order valence-electron chi connectivity index (χ0n) is 21.2. The number of hydrogen-bond acceptors (Lipinski definition) is 5. The van der Waals surface area contributed by atoms with E-state index in [0.29, 0.717) is 29.2 Å². The summed E-state index contributed by atoms with van der Waals surface area (Å²) in [6.45, 7) is 0.442. The fourth-order valence-corrected chi connectivity index (χ4v) is 5.23. The summed E-state index contributed by atoms with van der Waals surface area (Å²) in [5.41, 5.74) is 3.82. The molecule has 2 amide bonds. The number of carboxylic acids is 1. The lowest BCUT2D eigenvalue weighted by Gasteiger charge is -2.15. The predicted octanol–water partition coefficient (Wildman–Crippen LogP) is 4.74. The first-order chi connectivity index (χ1) is 19.2. The second-order valence-corrected chi connectivity index (χ2v) is 11.1. The van der Waals surface area contributed by atoms with Gasteiger partial charge in [-0.1, -0.05) is 54.1 Å². The van der Waals surface area contributed by atoms with Crippen LogP contribution in [0.3, 0.4) is 0 Å². The van der Waals surface area contributed by atoms with E-state index in [4.69, 9.17) is 11.6 Å². The summed E-state index contributed by atoms with van der Waals surface area (Å²) < 4.78 is 27.6. The van der Waals surface area contributed by atoms with Crippen LogP contribution < -0.4 is 15.4 Å². The zero-order valence-corrected chi connectivity index (χ0v) is 22.8. The van der Waals surface area contributed by atoms with Gasteiger partial charge in [-0.05, 0) is 71.6 Å². The molecule has 9 nitrogen and oxygen atoms in total. The van der Waals surface area contributed by atoms with Crippen molar-refractivity contribution in [1.29, 1.82) is 0 Å². The van der Waals surface area contributed by atoms with E-state index in [1.807, 2.05) is 48.5 Å². The molecule has 0 bridgehead atoms. The molecule has 0 fully saturated rings. The summed E-state index contributed by atoms with van der Waals surface area (Å²) >= 11 is 5.82. The number of urea groups is 1. The molecule has 0 saturated heterocycles. The van der Waals surface area contributed by atoms with Gasteiger partial charge in [0.1, 0.15) is 6.04 Å². The Kier molecular flexibility index (Phi) is 9.49. The van der Waals surface area contributed by atoms with Crippen molar-refractivity contribution >= 4 is 39.3 Å². The van der Waals surface area contributed by atoms with Crippen molar-refractivity contribution in [2.24, 2.45) is 0 Å². The molecule has 1 atom stereocenters. The number of halogens is 1. The highest BCUT2D eigenvalue weighted by molar-refractivity contribution is 7.89. The number of benzene rings is 3. The van der Waals surface area contributed by atoms with E-state index < -0.39 is 22.0 Å². The first-order valence-corrected chi connectivity index (χ1v) is 14.2. The molecule has 206 valence electrons. The van der Waals surface area contributed by atoms with E-state index in [-0.39, 0.29) is 17.3 Å². The van der Waals surface area contributed by atoms with Gasteiger partial charge in [0.15, 0.2) is 0 Å². The fourth-order valence-electron chi connectivity index (χ4n) is 3.92. The number of pyridine rings is 1. The maximum absolute atomic E-state index is 12.7. The Hall–Kier alpha value is -4.25. The zero-order chi connectivity index (χ0) is 28.5. The van der Waals surface area contributed by atoms with Crippen LogP contribution in [0.15, 0.2) is 102 Å². The van der Waals surface area contributed by atoms with E-state index in [9.17, 15) is 23.1 Å². The maximum Gasteiger partial charge on any atom is 0.322 e. The van der Waals surface area contributed by atoms with Gasteiger partial charge in [-0.15, -0.1) is 0 Å². The summed E-state index contributed by atoms with van der Waals surface area (Å²) in [4.78, 5) is 28.3. The van der Waals surface area contributed by atoms with Crippen LogP contribution in [0, 0.1) is 0 Å². The van der Waals surface area contributed by atoms with Gasteiger partial charge < -0.3 is 15.7 Å². The standard InChI is InChI=1S/C29H27ClN4O5S/c30-23-11-13-26(14-12-23)40(38,39)34-27(28(35)36)18-20-7-9-21(10-8-20)22-4-3-6-25(19-22)33-29(37)32-17-15-24-5-1-2-16-31-24/h1-14,16,19,27,34H,15,17-18H2,(H,35,36)(H2,32,33,37). The lowest BCUT2D eigenvalue weighted by Crippen LogP contribution is -2.42. The Morgan fingerprint density at radius 3 is 2.33 bits per heavy atom. The number of nitrogens with zero attached hydrogens (tertiary/aromatic N) is 1. The van der Waals surface area contributed by atoms with Crippen LogP contribution in [0.25, 0.3) is 11.1 Å². The average molecular weight is 579 g/mol. The Labute approximate surface area is 237 Å². The molecule has 0 radical (unpaired) electrons. The Morgan fingerprint density at radius 2 is 1.65 bits per heavy atom. The molecule has 4 N–H and O–H groups in total. The van der Waals surface area contributed by atoms with Gasteiger partial charge in [0, 0.05) is 35.6 Å². The SMILES string of the molecule is O=C(NCCc1ccccn1)Nc1cccc(-c2ccc(CC(NS(=O)(=O)c3ccc(Cl)cc3)C(=O)O)cc2)c1. The summed E-state index contributed by atoms with van der Waals surface area (Å²) in [6, 6.07) is 23.8. The molecule has 0 aliphatic rings. The number of nitrogens with one attached hydrogen (secondary N) is 3. The first kappa shape index (κ1) is 28.8. The molecule has 0 spiro atoms. The van der Waals surface area contributed by atoms with Crippen molar-refractivity contribution in [2.75, 3.05) is 11.9 Å². The predicted molar refractivity (Wildman–Crippen MR) is 154 cm³/mol. The van der Waals surface area contributed by atoms with Gasteiger partial charge in [0.2, 0.25) is 10.0 Å². The Balaban J connectivity index is 1.36. The quantitative estimate of drug-likeness (QED) is 0.203. The number of amides is 2. The van der Waals surface area contributed by atoms with Crippen molar-refractivity contribution in [1.82, 2.24) is 15.0 Å². The normalized spacial score (nSPS) is 11.9. The summed E-state index contributed by atoms with van der Waals surface area (Å²) in [5, 5.41) is 15.6. The second-order valence-electron chi connectivity index (χ2n) is 8.90. The second kappa shape index (κ2) is 13.2. The van der Waals surface area contributed by atoms with Gasteiger partial charge in [-0.2, -0.15) is 4.72 Å². The molecule has 1 heterocycles. The summed E-state index contributed by atoms with van der Waals surface area (Å²) in [5.74, 6) is -1.29. The minimum absolute atomic E-state index is 0.0529. The van der Waals surface area contributed by atoms with Crippen LogP contribution >= 0.6 is 11.6 Å². The first-order valence-electron chi connectivity index (χ1n) is 12.3. The molecule has 4 aromatic rings. The molecule has 1 aromatic heterocycles. The van der Waals surface area contributed by atoms with Crippen molar-refractivity contribution < 1.29 is 23.1 Å². The highest BCUT2D eigenvalue weighted by Gasteiger charge is 2.25. The van der Waals surface area contributed by atoms with E-state index >= 15 is 0 Å². The third-order valence-electron chi connectivity index (χ3n) is 5.96. The van der Waals surface area contributed by atoms with E-state index in [2.05, 4.69) is 20.3 Å². The monoisotopic (exact) mass is 578 g/mol. The van der Waals surface area contributed by atoms with Crippen LogP contribution in [0.5, 0.6) is 0 Å². The molecule has 4 rings (SSSR count). The van der Waals surface area contributed by atoms with Gasteiger partial charge >= 0.3 is 12.0 Å². The van der Waals surface area contributed by atoms with Crippen LogP contribution in [-0.4, -0.2) is 43.1 Å².